The van der Waals surface area contributed by atoms with Crippen molar-refractivity contribution in [3.05, 3.63) is 41.5 Å². The molecule has 1 aromatic heterocycles. The molecule has 0 aliphatic carbocycles. The van der Waals surface area contributed by atoms with Crippen LogP contribution in [0.2, 0.25) is 0 Å². The first kappa shape index (κ1) is 25.2. The molecular weight excluding hydrogens is 485 g/mol. The van der Waals surface area contributed by atoms with Crippen molar-refractivity contribution in [1.82, 2.24) is 20.8 Å². The van der Waals surface area contributed by atoms with Gasteiger partial charge in [-0.05, 0) is 50.8 Å². The first-order valence-corrected chi connectivity index (χ1v) is 9.67. The van der Waals surface area contributed by atoms with Crippen LogP contribution in [0.25, 0.3) is 0 Å². The van der Waals surface area contributed by atoms with E-state index in [-0.39, 0.29) is 30.1 Å². The molecule has 0 saturated heterocycles. The molecule has 0 aliphatic heterocycles. The van der Waals surface area contributed by atoms with Crippen LogP contribution in [0.5, 0.6) is 5.75 Å². The summed E-state index contributed by atoms with van der Waals surface area (Å²) in [5.74, 6) is 2.66. The second kappa shape index (κ2) is 14.2. The second-order valence-corrected chi connectivity index (χ2v) is 6.30. The normalized spacial score (nSPS) is 12.2. The molecule has 0 bridgehead atoms. The molecule has 2 rings (SSSR count). The van der Waals surface area contributed by atoms with Gasteiger partial charge in [-0.15, -0.1) is 24.0 Å². The number of guanidine groups is 1. The van der Waals surface area contributed by atoms with Crippen molar-refractivity contribution in [2.45, 2.75) is 45.8 Å². The Bertz CT molecular complexity index is 721. The summed E-state index contributed by atoms with van der Waals surface area (Å²) in [6.07, 6.45) is 3.01. The number of hydrogen-bond acceptors (Lipinski definition) is 6. The first-order valence-electron chi connectivity index (χ1n) is 9.67. The van der Waals surface area contributed by atoms with Gasteiger partial charge in [0.2, 0.25) is 5.89 Å². The zero-order valence-corrected chi connectivity index (χ0v) is 19.9. The van der Waals surface area contributed by atoms with Crippen molar-refractivity contribution < 1.29 is 14.0 Å². The van der Waals surface area contributed by atoms with E-state index in [2.05, 4.69) is 37.9 Å². The van der Waals surface area contributed by atoms with Gasteiger partial charge in [-0.3, -0.25) is 4.99 Å². The molecule has 2 aromatic rings. The largest absolute Gasteiger partial charge is 0.497 e. The molecule has 0 aliphatic rings. The summed E-state index contributed by atoms with van der Waals surface area (Å²) in [6, 6.07) is 8.21. The maximum atomic E-state index is 5.46. The number of ether oxygens (including phenoxy) is 2. The van der Waals surface area contributed by atoms with Crippen molar-refractivity contribution >= 4 is 29.9 Å². The number of aliphatic imine (C=N–C) groups is 1. The lowest BCUT2D eigenvalue weighted by Crippen LogP contribution is -2.37. The van der Waals surface area contributed by atoms with Gasteiger partial charge in [-0.1, -0.05) is 17.3 Å². The molecule has 1 heterocycles. The number of hydrogen-bond donors (Lipinski definition) is 2. The van der Waals surface area contributed by atoms with Gasteiger partial charge in [0.15, 0.2) is 11.8 Å². The number of nitrogens with one attached hydrogen (secondary N) is 2. The number of aryl methyl sites for hydroxylation is 1. The molecule has 8 nitrogen and oxygen atoms in total. The molecule has 0 spiro atoms. The Kier molecular flexibility index (Phi) is 12.3. The predicted molar refractivity (Wildman–Crippen MR) is 124 cm³/mol. The van der Waals surface area contributed by atoms with Crippen LogP contribution in [0.15, 0.2) is 33.8 Å². The Hall–Kier alpha value is -1.88. The molecule has 0 radical (unpaired) electrons. The van der Waals surface area contributed by atoms with Crippen molar-refractivity contribution in [3.63, 3.8) is 0 Å². The summed E-state index contributed by atoms with van der Waals surface area (Å²) in [5.41, 5.74) is 1.32. The fourth-order valence-electron chi connectivity index (χ4n) is 2.66. The van der Waals surface area contributed by atoms with E-state index in [9.17, 15) is 0 Å². The molecule has 162 valence electrons. The fourth-order valence-corrected chi connectivity index (χ4v) is 2.66. The van der Waals surface area contributed by atoms with Crippen molar-refractivity contribution in [2.24, 2.45) is 4.99 Å². The highest BCUT2D eigenvalue weighted by molar-refractivity contribution is 14.0. The smallest absolute Gasteiger partial charge is 0.246 e. The van der Waals surface area contributed by atoms with Gasteiger partial charge in [0.05, 0.1) is 13.7 Å². The van der Waals surface area contributed by atoms with Crippen molar-refractivity contribution in [1.29, 1.82) is 0 Å². The van der Waals surface area contributed by atoms with Crippen LogP contribution >= 0.6 is 24.0 Å². The van der Waals surface area contributed by atoms with Gasteiger partial charge >= 0.3 is 0 Å². The topological polar surface area (TPSA) is 93.8 Å². The van der Waals surface area contributed by atoms with Gasteiger partial charge in [0, 0.05) is 20.2 Å². The number of unbranched alkanes of at least 4 members (excludes halogenated alkanes) is 1. The Morgan fingerprint density at radius 1 is 1.21 bits per heavy atom. The minimum atomic E-state index is -0.175. The first-order chi connectivity index (χ1) is 13.7. The maximum Gasteiger partial charge on any atom is 0.246 e. The average Bonchev–Trinajstić information content (AvgIpc) is 3.20. The van der Waals surface area contributed by atoms with Gasteiger partial charge < -0.3 is 24.6 Å². The number of halogens is 1. The molecule has 1 aromatic carbocycles. The summed E-state index contributed by atoms with van der Waals surface area (Å²) in [6.45, 7) is 5.70. The van der Waals surface area contributed by atoms with E-state index in [1.165, 1.54) is 5.56 Å². The highest BCUT2D eigenvalue weighted by Gasteiger charge is 2.13. The van der Waals surface area contributed by atoms with Crippen molar-refractivity contribution in [3.8, 4) is 5.75 Å². The van der Waals surface area contributed by atoms with Crippen LogP contribution < -0.4 is 15.4 Å². The number of methoxy groups -OCH3 is 1. The van der Waals surface area contributed by atoms with Crippen LogP contribution in [-0.2, 0) is 17.7 Å². The van der Waals surface area contributed by atoms with Crippen LogP contribution in [0.3, 0.4) is 0 Å². The van der Waals surface area contributed by atoms with Gasteiger partial charge in [-0.25, -0.2) is 0 Å². The van der Waals surface area contributed by atoms with E-state index in [1.807, 2.05) is 26.0 Å². The Morgan fingerprint density at radius 2 is 1.97 bits per heavy atom. The maximum absolute atomic E-state index is 5.46. The average molecular weight is 517 g/mol. The monoisotopic (exact) mass is 517 g/mol. The molecule has 1 atom stereocenters. The van der Waals surface area contributed by atoms with Crippen molar-refractivity contribution in [2.75, 3.05) is 27.3 Å². The molecule has 29 heavy (non-hydrogen) atoms. The molecular formula is C20H32IN5O3. The van der Waals surface area contributed by atoms with E-state index >= 15 is 0 Å². The third-order valence-corrected chi connectivity index (χ3v) is 4.24. The highest BCUT2D eigenvalue weighted by Crippen LogP contribution is 2.13. The molecule has 1 unspecified atom stereocenters. The SMILES string of the molecule is CCOC(C)c1noc(CNC(=NC)NCCCCc2ccc(OC)cc2)n1.I. The lowest BCUT2D eigenvalue weighted by atomic mass is 10.1. The summed E-state index contributed by atoms with van der Waals surface area (Å²) in [4.78, 5) is 8.55. The molecule has 0 fully saturated rings. The van der Waals surface area contributed by atoms with E-state index in [4.69, 9.17) is 14.0 Å². The summed E-state index contributed by atoms with van der Waals surface area (Å²) in [7, 11) is 3.42. The zero-order chi connectivity index (χ0) is 20.2. The summed E-state index contributed by atoms with van der Waals surface area (Å²) >= 11 is 0. The molecule has 0 amide bonds. The van der Waals surface area contributed by atoms with Crippen LogP contribution in [0, 0.1) is 0 Å². The third-order valence-electron chi connectivity index (χ3n) is 4.24. The Morgan fingerprint density at radius 3 is 2.62 bits per heavy atom. The fraction of sp³-hybridized carbons (Fsp3) is 0.550. The number of rotatable bonds is 11. The second-order valence-electron chi connectivity index (χ2n) is 6.30. The van der Waals surface area contributed by atoms with E-state index in [0.29, 0.717) is 30.8 Å². The highest BCUT2D eigenvalue weighted by atomic mass is 127. The zero-order valence-electron chi connectivity index (χ0n) is 17.6. The minimum Gasteiger partial charge on any atom is -0.497 e. The van der Waals surface area contributed by atoms with E-state index < -0.39 is 0 Å². The standard InChI is InChI=1S/C20H31N5O3.HI/c1-5-27-15(2)19-24-18(28-25-19)14-23-20(21-3)22-13-7-6-8-16-9-11-17(26-4)12-10-16;/h9-12,15H,5-8,13-14H2,1-4H3,(H2,21,22,23);1H. The summed E-state index contributed by atoms with van der Waals surface area (Å²) in [5, 5.41) is 10.4. The van der Waals surface area contributed by atoms with Gasteiger partial charge in [0.25, 0.3) is 0 Å². The number of benzene rings is 1. The Balaban J connectivity index is 0.00000420. The van der Waals surface area contributed by atoms with E-state index in [0.717, 1.165) is 31.6 Å². The Labute approximate surface area is 189 Å². The van der Waals surface area contributed by atoms with Gasteiger partial charge in [-0.2, -0.15) is 4.98 Å². The molecule has 0 saturated carbocycles. The lowest BCUT2D eigenvalue weighted by molar-refractivity contribution is 0.0683. The van der Waals surface area contributed by atoms with Crippen LogP contribution in [0.1, 0.15) is 50.1 Å². The molecule has 9 heteroatoms. The van der Waals surface area contributed by atoms with E-state index in [1.54, 1.807) is 14.2 Å². The summed E-state index contributed by atoms with van der Waals surface area (Å²) < 4.78 is 15.9. The van der Waals surface area contributed by atoms with Crippen LogP contribution in [-0.4, -0.2) is 43.4 Å². The lowest BCUT2D eigenvalue weighted by Gasteiger charge is -2.10. The predicted octanol–water partition coefficient (Wildman–Crippen LogP) is 3.48. The number of aromatic nitrogens is 2. The number of nitrogens with zero attached hydrogens (tertiary/aromatic N) is 3. The quantitative estimate of drug-likeness (QED) is 0.204. The molecule has 2 N–H and O–H groups in total. The van der Waals surface area contributed by atoms with Gasteiger partial charge in [0.1, 0.15) is 11.9 Å². The third kappa shape index (κ3) is 8.99. The minimum absolute atomic E-state index is 0. The van der Waals surface area contributed by atoms with Crippen LogP contribution in [0.4, 0.5) is 0 Å².